The summed E-state index contributed by atoms with van der Waals surface area (Å²) in [4.78, 5) is 5.68. The predicted molar refractivity (Wildman–Crippen MR) is 107 cm³/mol. The molecule has 2 aromatic carbocycles. The second-order valence-corrected chi connectivity index (χ2v) is 6.95. The van der Waals surface area contributed by atoms with Crippen molar-refractivity contribution in [1.82, 2.24) is 24.6 Å². The van der Waals surface area contributed by atoms with Crippen molar-refractivity contribution < 1.29 is 9.13 Å². The molecule has 4 rings (SSSR count). The summed E-state index contributed by atoms with van der Waals surface area (Å²) in [5.41, 5.74) is 4.11. The van der Waals surface area contributed by atoms with E-state index in [9.17, 15) is 4.39 Å². The smallest absolute Gasteiger partial charge is 0.230 e. The Labute approximate surface area is 162 Å². The van der Waals surface area contributed by atoms with Gasteiger partial charge in [0.15, 0.2) is 0 Å². The average Bonchev–Trinajstić information content (AvgIpc) is 3.27. The zero-order valence-electron chi connectivity index (χ0n) is 15.9. The Bertz CT molecular complexity index is 1090. The van der Waals surface area contributed by atoms with E-state index in [1.807, 2.05) is 44.4 Å². The van der Waals surface area contributed by atoms with Crippen molar-refractivity contribution in [1.29, 1.82) is 0 Å². The van der Waals surface area contributed by atoms with Gasteiger partial charge in [-0.15, -0.1) is 0 Å². The molecule has 0 aliphatic carbocycles. The molecule has 0 saturated heterocycles. The lowest BCUT2D eigenvalue weighted by molar-refractivity contribution is 0.299. The van der Waals surface area contributed by atoms with Gasteiger partial charge in [-0.3, -0.25) is 5.10 Å². The SMILES string of the molecule is CN(C)Cc1n[nH]c2ccc(-c3ccccc3OCCn3cnc(F)c3)cc12. The summed E-state index contributed by atoms with van der Waals surface area (Å²) >= 11 is 0. The minimum absolute atomic E-state index is 0.423. The molecule has 0 fully saturated rings. The Hall–Kier alpha value is -3.19. The van der Waals surface area contributed by atoms with E-state index < -0.39 is 5.95 Å². The van der Waals surface area contributed by atoms with Crippen molar-refractivity contribution in [2.45, 2.75) is 13.1 Å². The van der Waals surface area contributed by atoms with Crippen molar-refractivity contribution in [2.24, 2.45) is 0 Å². The van der Waals surface area contributed by atoms with E-state index in [1.54, 1.807) is 4.57 Å². The second kappa shape index (κ2) is 7.82. The molecule has 7 heteroatoms. The molecule has 2 aromatic heterocycles. The highest BCUT2D eigenvalue weighted by molar-refractivity contribution is 5.87. The van der Waals surface area contributed by atoms with Crippen LogP contribution in [0.15, 0.2) is 55.0 Å². The van der Waals surface area contributed by atoms with Gasteiger partial charge in [0.1, 0.15) is 12.4 Å². The van der Waals surface area contributed by atoms with Crippen LogP contribution >= 0.6 is 0 Å². The lowest BCUT2D eigenvalue weighted by Gasteiger charge is -2.12. The maximum atomic E-state index is 13.0. The Balaban J connectivity index is 1.58. The van der Waals surface area contributed by atoms with Crippen LogP contribution in [0.5, 0.6) is 5.75 Å². The van der Waals surface area contributed by atoms with Crippen LogP contribution in [0.2, 0.25) is 0 Å². The normalized spacial score (nSPS) is 11.4. The summed E-state index contributed by atoms with van der Waals surface area (Å²) in [6.07, 6.45) is 2.82. The number of fused-ring (bicyclic) bond motifs is 1. The molecule has 0 amide bonds. The number of aromatic nitrogens is 4. The van der Waals surface area contributed by atoms with E-state index >= 15 is 0 Å². The molecule has 2 heterocycles. The van der Waals surface area contributed by atoms with Gasteiger partial charge in [0.25, 0.3) is 0 Å². The number of para-hydroxylation sites is 1. The molecule has 144 valence electrons. The van der Waals surface area contributed by atoms with Crippen LogP contribution < -0.4 is 4.74 Å². The number of H-pyrrole nitrogens is 1. The van der Waals surface area contributed by atoms with Gasteiger partial charge in [-0.2, -0.15) is 9.49 Å². The van der Waals surface area contributed by atoms with Crippen molar-refractivity contribution in [3.8, 4) is 16.9 Å². The highest BCUT2D eigenvalue weighted by Crippen LogP contribution is 2.32. The first-order valence-corrected chi connectivity index (χ1v) is 9.11. The molecule has 28 heavy (non-hydrogen) atoms. The first-order valence-electron chi connectivity index (χ1n) is 9.11. The van der Waals surface area contributed by atoms with Crippen LogP contribution in [-0.2, 0) is 13.1 Å². The Morgan fingerprint density at radius 3 is 2.82 bits per heavy atom. The topological polar surface area (TPSA) is 59.0 Å². The van der Waals surface area contributed by atoms with E-state index in [2.05, 4.69) is 32.2 Å². The van der Waals surface area contributed by atoms with Gasteiger partial charge in [-0.05, 0) is 37.9 Å². The summed E-state index contributed by atoms with van der Waals surface area (Å²) < 4.78 is 20.7. The van der Waals surface area contributed by atoms with E-state index in [0.717, 1.165) is 40.0 Å². The highest BCUT2D eigenvalue weighted by Gasteiger charge is 2.11. The number of hydrogen-bond donors (Lipinski definition) is 1. The third-order valence-corrected chi connectivity index (χ3v) is 4.51. The van der Waals surface area contributed by atoms with Crippen molar-refractivity contribution >= 4 is 10.9 Å². The molecule has 0 radical (unpaired) electrons. The third-order valence-electron chi connectivity index (χ3n) is 4.51. The molecule has 0 aliphatic rings. The highest BCUT2D eigenvalue weighted by atomic mass is 19.1. The molecule has 6 nitrogen and oxygen atoms in total. The van der Waals surface area contributed by atoms with E-state index in [4.69, 9.17) is 4.74 Å². The number of aromatic amines is 1. The van der Waals surface area contributed by atoms with Gasteiger partial charge in [0, 0.05) is 17.5 Å². The van der Waals surface area contributed by atoms with Crippen LogP contribution in [0.25, 0.3) is 22.0 Å². The summed E-state index contributed by atoms with van der Waals surface area (Å²) in [5, 5.41) is 8.64. The van der Waals surface area contributed by atoms with Gasteiger partial charge in [0.05, 0.1) is 30.3 Å². The van der Waals surface area contributed by atoms with Gasteiger partial charge in [-0.25, -0.2) is 4.98 Å². The number of hydrogen-bond acceptors (Lipinski definition) is 4. The zero-order chi connectivity index (χ0) is 19.5. The second-order valence-electron chi connectivity index (χ2n) is 6.95. The van der Waals surface area contributed by atoms with Crippen LogP contribution in [0.3, 0.4) is 0 Å². The molecular formula is C21H22FN5O. The number of ether oxygens (including phenoxy) is 1. The van der Waals surface area contributed by atoms with Crippen LogP contribution in [0.1, 0.15) is 5.69 Å². The molecule has 4 aromatic rings. The van der Waals surface area contributed by atoms with Gasteiger partial charge < -0.3 is 14.2 Å². The molecular weight excluding hydrogens is 357 g/mol. The number of imidazole rings is 1. The predicted octanol–water partition coefficient (Wildman–Crippen LogP) is 3.71. The summed E-state index contributed by atoms with van der Waals surface area (Å²) in [6, 6.07) is 14.2. The van der Waals surface area contributed by atoms with Crippen LogP contribution in [0.4, 0.5) is 4.39 Å². The Kier molecular flexibility index (Phi) is 5.08. The Morgan fingerprint density at radius 1 is 1.18 bits per heavy atom. The number of nitrogens with zero attached hydrogens (tertiary/aromatic N) is 4. The first-order chi connectivity index (χ1) is 13.6. The molecule has 1 N–H and O–H groups in total. The minimum atomic E-state index is -0.484. The molecule has 0 unspecified atom stereocenters. The van der Waals surface area contributed by atoms with Gasteiger partial charge in [0.2, 0.25) is 5.95 Å². The summed E-state index contributed by atoms with van der Waals surface area (Å²) in [5.74, 6) is 0.308. The van der Waals surface area contributed by atoms with E-state index in [0.29, 0.717) is 13.2 Å². The van der Waals surface area contributed by atoms with E-state index in [-0.39, 0.29) is 0 Å². The molecule has 0 aliphatic heterocycles. The average molecular weight is 379 g/mol. The fourth-order valence-corrected chi connectivity index (χ4v) is 3.20. The maximum Gasteiger partial charge on any atom is 0.230 e. The molecule has 0 spiro atoms. The third kappa shape index (κ3) is 3.89. The van der Waals surface area contributed by atoms with E-state index in [1.165, 1.54) is 12.5 Å². The number of nitrogens with one attached hydrogen (secondary N) is 1. The van der Waals surface area contributed by atoms with Crippen LogP contribution in [0, 0.1) is 5.95 Å². The van der Waals surface area contributed by atoms with Crippen molar-refractivity contribution in [3.63, 3.8) is 0 Å². The maximum absolute atomic E-state index is 13.0. The fraction of sp³-hybridized carbons (Fsp3) is 0.238. The molecule has 0 saturated carbocycles. The zero-order valence-corrected chi connectivity index (χ0v) is 15.9. The fourth-order valence-electron chi connectivity index (χ4n) is 3.20. The molecule has 0 bridgehead atoms. The number of halogens is 1. The minimum Gasteiger partial charge on any atom is -0.491 e. The van der Waals surface area contributed by atoms with Gasteiger partial charge >= 0.3 is 0 Å². The lowest BCUT2D eigenvalue weighted by atomic mass is 10.0. The van der Waals surface area contributed by atoms with Gasteiger partial charge in [-0.1, -0.05) is 24.3 Å². The largest absolute Gasteiger partial charge is 0.491 e. The quantitative estimate of drug-likeness (QED) is 0.532. The summed E-state index contributed by atoms with van der Waals surface area (Å²) in [6.45, 7) is 1.72. The molecule has 0 atom stereocenters. The Morgan fingerprint density at radius 2 is 2.04 bits per heavy atom. The standard InChI is InChI=1S/C21H22FN5O/c1-26(2)12-19-17-11-15(7-8-18(17)24-25-19)16-5-3-4-6-20(16)28-10-9-27-13-21(22)23-14-27/h3-8,11,13-14H,9-10,12H2,1-2H3,(H,24,25). The first kappa shape index (κ1) is 18.2. The number of rotatable bonds is 7. The monoisotopic (exact) mass is 379 g/mol. The lowest BCUT2D eigenvalue weighted by Crippen LogP contribution is -2.11. The van der Waals surface area contributed by atoms with Crippen molar-refractivity contribution in [2.75, 3.05) is 20.7 Å². The number of benzene rings is 2. The van der Waals surface area contributed by atoms with Crippen LogP contribution in [-0.4, -0.2) is 45.4 Å². The van der Waals surface area contributed by atoms with Crippen molar-refractivity contribution in [3.05, 3.63) is 66.6 Å². The summed E-state index contributed by atoms with van der Waals surface area (Å²) in [7, 11) is 4.05.